The summed E-state index contributed by atoms with van der Waals surface area (Å²) in [5.74, 6) is -0.231. The first-order valence-corrected chi connectivity index (χ1v) is 7.07. The van der Waals surface area contributed by atoms with E-state index in [1.54, 1.807) is 6.07 Å². The molecular formula is C13H18BrFN2S. The molecule has 0 saturated heterocycles. The van der Waals surface area contributed by atoms with Gasteiger partial charge in [-0.25, -0.2) is 4.39 Å². The highest BCUT2D eigenvalue weighted by Crippen LogP contribution is 2.22. The second kappa shape index (κ2) is 7.16. The predicted octanol–water partition coefficient (Wildman–Crippen LogP) is 3.47. The number of rotatable bonds is 6. The third kappa shape index (κ3) is 4.63. The molecule has 0 saturated carbocycles. The van der Waals surface area contributed by atoms with Crippen LogP contribution in [0.15, 0.2) is 22.7 Å². The topological polar surface area (TPSA) is 29.3 Å². The molecule has 0 aliphatic rings. The Balaban J connectivity index is 2.77. The third-order valence-electron chi connectivity index (χ3n) is 2.78. The average molecular weight is 333 g/mol. The highest BCUT2D eigenvalue weighted by Gasteiger charge is 2.13. The van der Waals surface area contributed by atoms with Crippen molar-refractivity contribution in [2.45, 2.75) is 32.9 Å². The van der Waals surface area contributed by atoms with Crippen molar-refractivity contribution in [3.63, 3.8) is 0 Å². The second-order valence-corrected chi connectivity index (χ2v) is 5.81. The highest BCUT2D eigenvalue weighted by atomic mass is 79.9. The number of hydrogen-bond acceptors (Lipinski definition) is 2. The first-order valence-electron chi connectivity index (χ1n) is 5.87. The molecule has 0 unspecified atom stereocenters. The minimum atomic E-state index is -0.231. The zero-order valence-corrected chi connectivity index (χ0v) is 13.0. The molecule has 0 aliphatic heterocycles. The van der Waals surface area contributed by atoms with Gasteiger partial charge in [0.15, 0.2) is 0 Å². The summed E-state index contributed by atoms with van der Waals surface area (Å²) in [7, 11) is 0. The van der Waals surface area contributed by atoms with Crippen molar-refractivity contribution in [3.8, 4) is 0 Å². The summed E-state index contributed by atoms with van der Waals surface area (Å²) in [6.45, 7) is 5.67. The van der Waals surface area contributed by atoms with Crippen LogP contribution in [0.1, 0.15) is 25.8 Å². The van der Waals surface area contributed by atoms with E-state index in [0.717, 1.165) is 12.1 Å². The Bertz CT molecular complexity index is 423. The fourth-order valence-electron chi connectivity index (χ4n) is 1.66. The Morgan fingerprint density at radius 1 is 1.50 bits per heavy atom. The minimum absolute atomic E-state index is 0.231. The maximum Gasteiger partial charge on any atom is 0.137 e. The SMILES string of the molecule is CC(C)N(CCC(N)=S)Cc1cccc(F)c1Br. The number of benzene rings is 1. The van der Waals surface area contributed by atoms with Crippen LogP contribution in [0.4, 0.5) is 4.39 Å². The van der Waals surface area contributed by atoms with E-state index in [4.69, 9.17) is 18.0 Å². The molecule has 0 aromatic heterocycles. The van der Waals surface area contributed by atoms with E-state index in [0.29, 0.717) is 28.5 Å². The Hall–Kier alpha value is -0.520. The molecule has 0 spiro atoms. The number of nitrogens with zero attached hydrogens (tertiary/aromatic N) is 1. The van der Waals surface area contributed by atoms with E-state index in [2.05, 4.69) is 34.7 Å². The van der Waals surface area contributed by atoms with Crippen LogP contribution in [0, 0.1) is 5.82 Å². The summed E-state index contributed by atoms with van der Waals surface area (Å²) >= 11 is 8.18. The molecule has 0 heterocycles. The van der Waals surface area contributed by atoms with Crippen molar-refractivity contribution < 1.29 is 4.39 Å². The maximum absolute atomic E-state index is 13.4. The summed E-state index contributed by atoms with van der Waals surface area (Å²) < 4.78 is 14.0. The molecule has 1 aromatic carbocycles. The average Bonchev–Trinajstić information content (AvgIpc) is 2.29. The third-order valence-corrected chi connectivity index (χ3v) is 3.87. The molecular weight excluding hydrogens is 315 g/mol. The van der Waals surface area contributed by atoms with Crippen molar-refractivity contribution >= 4 is 33.1 Å². The van der Waals surface area contributed by atoms with Gasteiger partial charge in [0.2, 0.25) is 0 Å². The van der Waals surface area contributed by atoms with Gasteiger partial charge in [-0.3, -0.25) is 4.90 Å². The summed E-state index contributed by atoms with van der Waals surface area (Å²) in [6.07, 6.45) is 0.681. The Labute approximate surface area is 121 Å². The number of halogens is 2. The number of hydrogen-bond donors (Lipinski definition) is 1. The Morgan fingerprint density at radius 3 is 2.72 bits per heavy atom. The lowest BCUT2D eigenvalue weighted by atomic mass is 10.1. The largest absolute Gasteiger partial charge is 0.393 e. The second-order valence-electron chi connectivity index (χ2n) is 4.49. The lowest BCUT2D eigenvalue weighted by molar-refractivity contribution is 0.218. The van der Waals surface area contributed by atoms with Crippen LogP contribution in [0.2, 0.25) is 0 Å². The standard InChI is InChI=1S/C13H18BrFN2S/c1-9(2)17(7-6-12(16)18)8-10-4-3-5-11(15)13(10)14/h3-5,9H,6-8H2,1-2H3,(H2,16,18). The van der Waals surface area contributed by atoms with E-state index < -0.39 is 0 Å². The van der Waals surface area contributed by atoms with E-state index in [9.17, 15) is 4.39 Å². The van der Waals surface area contributed by atoms with Gasteiger partial charge < -0.3 is 5.73 Å². The van der Waals surface area contributed by atoms with Gasteiger partial charge in [-0.1, -0.05) is 24.4 Å². The molecule has 1 aromatic rings. The molecule has 0 amide bonds. The van der Waals surface area contributed by atoms with Crippen LogP contribution in [0.3, 0.4) is 0 Å². The first-order chi connectivity index (χ1) is 8.41. The van der Waals surface area contributed by atoms with Gasteiger partial charge in [0.1, 0.15) is 5.82 Å². The smallest absolute Gasteiger partial charge is 0.137 e. The highest BCUT2D eigenvalue weighted by molar-refractivity contribution is 9.10. The number of nitrogens with two attached hydrogens (primary N) is 1. The summed E-state index contributed by atoms with van der Waals surface area (Å²) in [6, 6.07) is 5.45. The van der Waals surface area contributed by atoms with Gasteiger partial charge >= 0.3 is 0 Å². The van der Waals surface area contributed by atoms with Crippen molar-refractivity contribution in [2.75, 3.05) is 6.54 Å². The number of thiocarbonyl (C=S) groups is 1. The molecule has 18 heavy (non-hydrogen) atoms. The molecule has 100 valence electrons. The monoisotopic (exact) mass is 332 g/mol. The van der Waals surface area contributed by atoms with E-state index in [1.165, 1.54) is 6.07 Å². The molecule has 0 aliphatic carbocycles. The zero-order chi connectivity index (χ0) is 13.7. The predicted molar refractivity (Wildman–Crippen MR) is 81.0 cm³/mol. The van der Waals surface area contributed by atoms with Crippen molar-refractivity contribution in [3.05, 3.63) is 34.1 Å². The summed E-state index contributed by atoms with van der Waals surface area (Å²) in [4.78, 5) is 2.73. The fraction of sp³-hybridized carbons (Fsp3) is 0.462. The van der Waals surface area contributed by atoms with Gasteiger partial charge in [0.05, 0.1) is 9.46 Å². The zero-order valence-electron chi connectivity index (χ0n) is 10.6. The molecule has 1 rings (SSSR count). The molecule has 0 atom stereocenters. The van der Waals surface area contributed by atoms with E-state index in [-0.39, 0.29) is 5.82 Å². The Morgan fingerprint density at radius 2 is 2.17 bits per heavy atom. The van der Waals surface area contributed by atoms with Crippen molar-refractivity contribution in [1.29, 1.82) is 0 Å². The van der Waals surface area contributed by atoms with Crippen LogP contribution in [-0.2, 0) is 6.54 Å². The normalized spacial score (nSPS) is 11.2. The van der Waals surface area contributed by atoms with Crippen molar-refractivity contribution in [1.82, 2.24) is 4.90 Å². The summed E-state index contributed by atoms with van der Waals surface area (Å²) in [5, 5.41) is 0. The van der Waals surface area contributed by atoms with Gasteiger partial charge in [0, 0.05) is 25.6 Å². The Kier molecular flexibility index (Phi) is 6.18. The fourth-order valence-corrected chi connectivity index (χ4v) is 2.14. The van der Waals surface area contributed by atoms with Crippen LogP contribution in [0.5, 0.6) is 0 Å². The molecule has 0 bridgehead atoms. The first kappa shape index (κ1) is 15.5. The maximum atomic E-state index is 13.4. The van der Waals surface area contributed by atoms with Gasteiger partial charge in [-0.2, -0.15) is 0 Å². The van der Waals surface area contributed by atoms with Crippen molar-refractivity contribution in [2.24, 2.45) is 5.73 Å². The summed E-state index contributed by atoms with van der Waals surface area (Å²) in [5.41, 5.74) is 6.46. The molecule has 2 nitrogen and oxygen atoms in total. The van der Waals surface area contributed by atoms with Gasteiger partial charge in [0.25, 0.3) is 0 Å². The molecule has 2 N–H and O–H groups in total. The lowest BCUT2D eigenvalue weighted by Gasteiger charge is -2.26. The molecule has 0 fully saturated rings. The molecule has 0 radical (unpaired) electrons. The van der Waals surface area contributed by atoms with Crippen LogP contribution in [0.25, 0.3) is 0 Å². The quantitative estimate of drug-likeness (QED) is 0.809. The molecule has 5 heteroatoms. The van der Waals surface area contributed by atoms with Gasteiger partial charge in [-0.05, 0) is 41.4 Å². The van der Waals surface area contributed by atoms with Gasteiger partial charge in [-0.15, -0.1) is 0 Å². The van der Waals surface area contributed by atoms with Crippen LogP contribution >= 0.6 is 28.1 Å². The minimum Gasteiger partial charge on any atom is -0.393 e. The van der Waals surface area contributed by atoms with E-state index >= 15 is 0 Å². The van der Waals surface area contributed by atoms with E-state index in [1.807, 2.05) is 6.07 Å². The lowest BCUT2D eigenvalue weighted by Crippen LogP contribution is -2.33. The van der Waals surface area contributed by atoms with Crippen LogP contribution < -0.4 is 5.73 Å². The van der Waals surface area contributed by atoms with Crippen LogP contribution in [-0.4, -0.2) is 22.5 Å².